The maximum Gasteiger partial charge on any atom is 0.476 e. The topological polar surface area (TPSA) is 40.5 Å². The van der Waals surface area contributed by atoms with Gasteiger partial charge in [0.2, 0.25) is 0 Å². The zero-order valence-electron chi connectivity index (χ0n) is 5.09. The van der Waals surface area contributed by atoms with Gasteiger partial charge in [0, 0.05) is 0 Å². The largest absolute Gasteiger partial charge is 0.476 e. The van der Waals surface area contributed by atoms with Gasteiger partial charge in [0.25, 0.3) is 0 Å². The smallest absolute Gasteiger partial charge is 0.423 e. The Morgan fingerprint density at radius 2 is 2.12 bits per heavy atom. The highest BCUT2D eigenvalue weighted by molar-refractivity contribution is 7.73. The fourth-order valence-electron chi connectivity index (χ4n) is 0.408. The second kappa shape index (κ2) is 5.55. The lowest BCUT2D eigenvalue weighted by molar-refractivity contribution is 0.436. The van der Waals surface area contributed by atoms with Crippen LogP contribution in [0.2, 0.25) is 0 Å². The summed E-state index contributed by atoms with van der Waals surface area (Å²) in [7, 11) is 0.307. The molecule has 0 saturated heterocycles. The molecule has 0 bridgehead atoms. The average Bonchev–Trinajstić information content (AvgIpc) is 1.66. The van der Waals surface area contributed by atoms with E-state index in [1.807, 2.05) is 0 Å². The van der Waals surface area contributed by atoms with E-state index < -0.39 is 6.84 Å². The van der Waals surface area contributed by atoms with Crippen LogP contribution in [0.5, 0.6) is 0 Å². The van der Waals surface area contributed by atoms with Crippen molar-refractivity contribution in [3.63, 3.8) is 0 Å². The van der Waals surface area contributed by atoms with Crippen LogP contribution in [-0.2, 0) is 0 Å². The van der Waals surface area contributed by atoms with Gasteiger partial charge in [-0.05, 0) is 6.16 Å². The van der Waals surface area contributed by atoms with Gasteiger partial charge in [-0.15, -0.1) is 0 Å². The minimum Gasteiger partial charge on any atom is -0.423 e. The molecule has 2 N–H and O–H groups in total. The zero-order chi connectivity index (χ0) is 6.41. The van der Waals surface area contributed by atoms with Gasteiger partial charge in [-0.1, -0.05) is 28.2 Å². The summed E-state index contributed by atoms with van der Waals surface area (Å²) in [6.07, 6.45) is 3.20. The molecule has 0 aromatic heterocycles. The van der Waals surface area contributed by atoms with Crippen molar-refractivity contribution >= 4 is 15.3 Å². The normalized spacial score (nSPS) is 10.9. The predicted octanol–water partition coefficient (Wildman–Crippen LogP) is 0.434. The van der Waals surface area contributed by atoms with Crippen LogP contribution in [0, 0.1) is 0 Å². The molecular weight excluding hydrogens is 122 g/mol. The van der Waals surface area contributed by atoms with Crippen LogP contribution < -0.4 is 0 Å². The minimum absolute atomic E-state index is 0.307. The molecule has 0 spiro atoms. The highest BCUT2D eigenvalue weighted by Crippen LogP contribution is 2.12. The summed E-state index contributed by atoms with van der Waals surface area (Å²) in [6.45, 7) is 1.02. The van der Waals surface area contributed by atoms with Crippen molar-refractivity contribution in [1.29, 1.82) is 0 Å². The van der Waals surface area contributed by atoms with E-state index in [1.54, 1.807) is 0 Å². The first-order chi connectivity index (χ1) is 3.77. The van der Waals surface area contributed by atoms with Crippen LogP contribution in [0.25, 0.3) is 0 Å². The Morgan fingerprint density at radius 3 is 2.50 bits per heavy atom. The molecule has 0 radical (unpaired) electrons. The molecule has 2 nitrogen and oxygen atoms in total. The van der Waals surface area contributed by atoms with E-state index in [1.165, 1.54) is 0 Å². The third-order valence-electron chi connectivity index (χ3n) is 0.857. The first kappa shape index (κ1) is 8.41. The van der Waals surface area contributed by atoms with E-state index in [0.717, 1.165) is 19.0 Å². The maximum atomic E-state index is 8.35. The van der Waals surface area contributed by atoms with Crippen molar-refractivity contribution in [3.05, 3.63) is 0 Å². The Labute approximate surface area is 52.2 Å². The van der Waals surface area contributed by atoms with Crippen molar-refractivity contribution in [2.24, 2.45) is 0 Å². The molecule has 0 rings (SSSR count). The van der Waals surface area contributed by atoms with Crippen LogP contribution in [0.1, 0.15) is 19.8 Å². The van der Waals surface area contributed by atoms with Crippen molar-refractivity contribution < 1.29 is 10.0 Å². The van der Waals surface area contributed by atoms with Crippen LogP contribution in [-0.4, -0.2) is 23.0 Å². The fourth-order valence-corrected chi connectivity index (χ4v) is 1.22. The molecule has 0 amide bonds. The molecule has 48 valence electrons. The highest BCUT2D eigenvalue weighted by Gasteiger charge is 2.02. The van der Waals surface area contributed by atoms with Crippen molar-refractivity contribution in [1.82, 2.24) is 0 Å². The Bertz CT molecular complexity index is 51.3. The third-order valence-corrected chi connectivity index (χ3v) is 1.86. The van der Waals surface area contributed by atoms with Gasteiger partial charge in [-0.3, -0.25) is 0 Å². The SMILES string of the molecule is CCCCPB(O)O. The quantitative estimate of drug-likeness (QED) is 0.332. The van der Waals surface area contributed by atoms with Crippen molar-refractivity contribution in [3.8, 4) is 0 Å². The first-order valence-electron chi connectivity index (χ1n) is 2.87. The Kier molecular flexibility index (Phi) is 5.84. The van der Waals surface area contributed by atoms with Gasteiger partial charge >= 0.3 is 6.84 Å². The van der Waals surface area contributed by atoms with Crippen molar-refractivity contribution in [2.45, 2.75) is 19.8 Å². The second-order valence-corrected chi connectivity index (χ2v) is 3.11. The standard InChI is InChI=1S/C4H12BO2P/c1-2-3-4-8-5(6)7/h6-8H,2-4H2,1H3. The summed E-state index contributed by atoms with van der Waals surface area (Å²) in [5.74, 6) is 0. The molecule has 0 fully saturated rings. The molecule has 8 heavy (non-hydrogen) atoms. The van der Waals surface area contributed by atoms with E-state index in [-0.39, 0.29) is 0 Å². The van der Waals surface area contributed by atoms with E-state index >= 15 is 0 Å². The van der Waals surface area contributed by atoms with Crippen LogP contribution in [0.15, 0.2) is 0 Å². The Morgan fingerprint density at radius 1 is 1.50 bits per heavy atom. The lowest BCUT2D eigenvalue weighted by Crippen LogP contribution is -2.02. The fraction of sp³-hybridized carbons (Fsp3) is 1.00. The second-order valence-electron chi connectivity index (χ2n) is 1.68. The summed E-state index contributed by atoms with van der Waals surface area (Å²) < 4.78 is 0. The molecule has 0 aromatic rings. The minimum atomic E-state index is -1.07. The summed E-state index contributed by atoms with van der Waals surface area (Å²) in [5.41, 5.74) is 0. The van der Waals surface area contributed by atoms with Gasteiger partial charge in [0.1, 0.15) is 0 Å². The molecule has 0 aliphatic carbocycles. The summed E-state index contributed by atoms with van der Waals surface area (Å²) in [6, 6.07) is 0. The average molecular weight is 134 g/mol. The number of hydrogen-bond donors (Lipinski definition) is 2. The Hall–Kier alpha value is 0.415. The summed E-state index contributed by atoms with van der Waals surface area (Å²) >= 11 is 0. The summed E-state index contributed by atoms with van der Waals surface area (Å²) in [4.78, 5) is 0. The monoisotopic (exact) mass is 134 g/mol. The molecule has 0 aliphatic heterocycles. The van der Waals surface area contributed by atoms with E-state index in [0.29, 0.717) is 8.46 Å². The molecular formula is C4H12BO2P. The lowest BCUT2D eigenvalue weighted by atomic mass is 10.4. The molecule has 0 saturated carbocycles. The van der Waals surface area contributed by atoms with Crippen LogP contribution >= 0.6 is 8.46 Å². The van der Waals surface area contributed by atoms with Gasteiger partial charge in [-0.25, -0.2) is 0 Å². The summed E-state index contributed by atoms with van der Waals surface area (Å²) in [5, 5.41) is 16.7. The van der Waals surface area contributed by atoms with Gasteiger partial charge < -0.3 is 10.0 Å². The van der Waals surface area contributed by atoms with Gasteiger partial charge in [-0.2, -0.15) is 0 Å². The maximum absolute atomic E-state index is 8.35. The van der Waals surface area contributed by atoms with Crippen molar-refractivity contribution in [2.75, 3.05) is 6.16 Å². The number of hydrogen-bond acceptors (Lipinski definition) is 2. The molecule has 0 heterocycles. The number of rotatable bonds is 4. The predicted molar refractivity (Wildman–Crippen MR) is 38.3 cm³/mol. The molecule has 0 aromatic carbocycles. The van der Waals surface area contributed by atoms with Gasteiger partial charge in [0.05, 0.1) is 0 Å². The first-order valence-corrected chi connectivity index (χ1v) is 4.15. The van der Waals surface area contributed by atoms with Gasteiger partial charge in [0.15, 0.2) is 0 Å². The van der Waals surface area contributed by atoms with E-state index in [2.05, 4.69) is 6.92 Å². The number of unbranched alkanes of at least 4 members (excludes halogenated alkanes) is 1. The third kappa shape index (κ3) is 6.41. The Balaban J connectivity index is 2.72. The molecule has 4 heteroatoms. The highest BCUT2D eigenvalue weighted by atomic mass is 31.1. The van der Waals surface area contributed by atoms with Crippen LogP contribution in [0.3, 0.4) is 0 Å². The molecule has 0 aliphatic rings. The molecule has 1 atom stereocenters. The zero-order valence-corrected chi connectivity index (χ0v) is 6.09. The molecule has 1 unspecified atom stereocenters. The van der Waals surface area contributed by atoms with E-state index in [4.69, 9.17) is 10.0 Å². The lowest BCUT2D eigenvalue weighted by Gasteiger charge is -1.95. The van der Waals surface area contributed by atoms with Crippen LogP contribution in [0.4, 0.5) is 0 Å². The van der Waals surface area contributed by atoms with E-state index in [9.17, 15) is 0 Å².